The van der Waals surface area contributed by atoms with E-state index in [-0.39, 0.29) is 62.8 Å². The summed E-state index contributed by atoms with van der Waals surface area (Å²) in [4.78, 5) is 107. The molecule has 5 aromatic carbocycles. The van der Waals surface area contributed by atoms with Crippen molar-refractivity contribution in [1.82, 2.24) is 49.4 Å². The number of carbonyl (C=O) groups is 5. The van der Waals surface area contributed by atoms with Crippen molar-refractivity contribution < 1.29 is 48.8 Å². The van der Waals surface area contributed by atoms with Crippen molar-refractivity contribution in [3.63, 3.8) is 0 Å². The summed E-state index contributed by atoms with van der Waals surface area (Å²) in [6.45, 7) is 8.93. The summed E-state index contributed by atoms with van der Waals surface area (Å²) >= 11 is 21.8. The van der Waals surface area contributed by atoms with Gasteiger partial charge in [0.25, 0.3) is 0 Å². The first-order valence-electron chi connectivity index (χ1n) is 41.3. The van der Waals surface area contributed by atoms with Crippen LogP contribution in [-0.2, 0) is 0 Å². The number of nitrogens with zero attached hydrogens (tertiary/aromatic N) is 15. The minimum atomic E-state index is -0.541. The van der Waals surface area contributed by atoms with Crippen LogP contribution < -0.4 is 24.5 Å². The third-order valence-corrected chi connectivity index (χ3v) is 26.4. The van der Waals surface area contributed by atoms with Gasteiger partial charge in [-0.3, -0.25) is 24.0 Å². The largest absolute Gasteiger partial charge is 0.507 e. The minimum absolute atomic E-state index is 0.00196. The Hall–Kier alpha value is -12.0. The zero-order chi connectivity index (χ0) is 86.9. The van der Waals surface area contributed by atoms with Crippen LogP contribution in [-0.4, -0.2) is 225 Å². The Balaban J connectivity index is 0.000000115. The molecule has 0 amide bonds. The molecule has 0 aliphatic carbocycles. The van der Waals surface area contributed by atoms with Crippen molar-refractivity contribution >= 4 is 129 Å². The van der Waals surface area contributed by atoms with E-state index in [4.69, 9.17) is 23.2 Å². The number of hydrogen-bond acceptors (Lipinski definition) is 24. The van der Waals surface area contributed by atoms with Crippen LogP contribution in [0.15, 0.2) is 288 Å². The van der Waals surface area contributed by atoms with Crippen LogP contribution in [0.4, 0.5) is 33.5 Å². The number of piperazine rings is 5. The number of aromatic nitrogens is 5. The highest BCUT2D eigenvalue weighted by molar-refractivity contribution is 9.11. The van der Waals surface area contributed by atoms with E-state index in [0.717, 1.165) is 148 Å². The number of rotatable bonds is 20. The molecule has 10 atom stereocenters. The molecule has 10 fully saturated rings. The highest BCUT2D eigenvalue weighted by Crippen LogP contribution is 2.41. The van der Waals surface area contributed by atoms with Gasteiger partial charge in [-0.2, -0.15) is 0 Å². The monoisotopic (exact) mass is 1910 g/mol. The number of hydrogen-bond donors (Lipinski definition) is 4. The van der Waals surface area contributed by atoms with Crippen molar-refractivity contribution in [2.45, 2.75) is 92.5 Å². The predicted molar refractivity (Wildman–Crippen MR) is 492 cm³/mol. The first kappa shape index (κ1) is 86.6. The van der Waals surface area contributed by atoms with Gasteiger partial charge in [0.1, 0.15) is 57.9 Å². The van der Waals surface area contributed by atoms with Gasteiger partial charge in [0, 0.05) is 238 Å². The average molecular weight is 1910 g/mol. The summed E-state index contributed by atoms with van der Waals surface area (Å²) in [5.74, 6) is 3.13. The zero-order valence-corrected chi connectivity index (χ0v) is 73.9. The lowest BCUT2D eigenvalue weighted by Crippen LogP contribution is -2.44. The SMILES string of the molecule is O=C(/C=C/N1C[C@H]2C[C@@H]1CN2c1ccccn1)c1cc(Br)cc(Br)c1O.O=C(/C=C/N1C[C@H]2C[C@@H]1CN2c1ccccn1)c1cc(Br)ccc1O.O=C(/C=C/N1C[C@H]2C[C@@H]1CN2c1ccccn1)c1cc(F)ccc1O.O=C(/C=C/N1C[C@H]2C[C@@H]1CN2c1ccccn1)c1ccc(Cl)cc1O.O=C(/C=C/N1C[C@H]2C[C@@H]1CN2c1ccccn1)c1ccccc1Cl. The zero-order valence-electron chi connectivity index (χ0n) is 67.7. The number of pyridine rings is 5. The maximum atomic E-state index is 13.3. The molecule has 30 heteroatoms. The Labute approximate surface area is 758 Å². The number of allylic oxidation sites excluding steroid dienone is 5. The second-order valence-corrected chi connectivity index (χ2v) is 35.6. The third-order valence-electron chi connectivity index (χ3n) is 24.3. The van der Waals surface area contributed by atoms with E-state index in [1.165, 1.54) is 30.4 Å². The lowest BCUT2D eigenvalue weighted by Gasteiger charge is -2.34. The topological polar surface area (TPSA) is 263 Å². The molecule has 0 radical (unpaired) electrons. The van der Waals surface area contributed by atoms with Gasteiger partial charge in [0.05, 0.1) is 31.7 Å². The highest BCUT2D eigenvalue weighted by atomic mass is 79.9. The predicted octanol–water partition coefficient (Wildman–Crippen LogP) is 16.3. The number of ketones is 5. The van der Waals surface area contributed by atoms with Crippen molar-refractivity contribution in [2.24, 2.45) is 0 Å². The van der Waals surface area contributed by atoms with E-state index in [9.17, 15) is 48.8 Å². The van der Waals surface area contributed by atoms with Gasteiger partial charge in [0.15, 0.2) is 28.9 Å². The number of phenolic OH excluding ortho intramolecular Hbond substituents is 4. The number of likely N-dealkylation sites (tertiary alicyclic amines) is 5. The van der Waals surface area contributed by atoms with Crippen molar-refractivity contribution in [2.75, 3.05) is 89.9 Å². The number of anilines is 5. The lowest BCUT2D eigenvalue weighted by atomic mass is 10.1. The summed E-state index contributed by atoms with van der Waals surface area (Å²) in [6, 6.07) is 57.1. The standard InChI is InChI=1S/C19H17Br2N3O2.C19H18BrN3O2.C19H18ClN3O2.C19H18ClN3O.C19H18FN3O2/c20-12-7-15(19(26)16(21)8-12)17(25)4-6-23-10-14-9-13(23)11-24(14)18-3-1-2-5-22-18;20-13-4-5-17(24)16(9-13)18(25)6-8-22-11-15-10-14(22)12-23(15)19-3-1-2-7-21-19;20-13-4-5-16(18(25)9-13)17(24)6-8-22-11-15-10-14(22)12-23(15)19-3-1-2-7-21-19;20-17-6-2-1-5-16(17)18(24)8-10-22-12-15-11-14(22)13-23(15)19-7-3-4-9-21-19;20-13-4-5-17(24)16(9-13)18(25)6-8-22-11-15-10-14(22)12-23(15)19-3-1-2-7-21-19/h1-8,13-14,26H,9-11H2;1-9,14-15,24H,10-12H2;1-9,14-15,25H,10-12H2;1-10,14-15H,11-13H2;1-9,14-15,24H,10-12H2/b6-4+;2*8-6+;10-8+;8-6+/t13-,14-;4*14-,15-/m11111/s1. The van der Waals surface area contributed by atoms with Crippen LogP contribution in [0.1, 0.15) is 83.9 Å². The molecule has 125 heavy (non-hydrogen) atoms. The Morgan fingerprint density at radius 3 is 0.976 bits per heavy atom. The van der Waals surface area contributed by atoms with E-state index in [0.29, 0.717) is 86.1 Å². The fraction of sp³-hybridized carbons (Fsp3) is 0.263. The van der Waals surface area contributed by atoms with Gasteiger partial charge in [-0.25, -0.2) is 29.3 Å². The minimum Gasteiger partial charge on any atom is -0.507 e. The van der Waals surface area contributed by atoms with E-state index in [1.807, 2.05) is 147 Å². The Bertz CT molecular complexity index is 5610. The molecule has 640 valence electrons. The fourth-order valence-corrected chi connectivity index (χ4v) is 20.2. The summed E-state index contributed by atoms with van der Waals surface area (Å²) in [5.41, 5.74) is 1.39. The summed E-state index contributed by atoms with van der Waals surface area (Å²) < 4.78 is 15.3. The van der Waals surface area contributed by atoms with Gasteiger partial charge in [0.2, 0.25) is 0 Å². The Morgan fingerprint density at radius 1 is 0.320 bits per heavy atom. The molecular formula is C95H89Br3Cl2FN15O9. The Kier molecular flexibility index (Phi) is 27.1. The van der Waals surface area contributed by atoms with Crippen LogP contribution in [0.25, 0.3) is 0 Å². The van der Waals surface area contributed by atoms with E-state index in [2.05, 4.69) is 128 Å². The van der Waals surface area contributed by atoms with E-state index >= 15 is 0 Å². The van der Waals surface area contributed by atoms with Crippen LogP contribution in [0.5, 0.6) is 23.0 Å². The van der Waals surface area contributed by atoms with Gasteiger partial charge in [-0.15, -0.1) is 0 Å². The second kappa shape index (κ2) is 39.1. The molecule has 24 nitrogen and oxygen atoms in total. The molecule has 10 aliphatic heterocycles. The van der Waals surface area contributed by atoms with Crippen LogP contribution in [0.3, 0.4) is 0 Å². The molecule has 20 rings (SSSR count). The average Bonchev–Trinajstić information content (AvgIpc) is 1.53. The number of phenols is 4. The number of fused-ring (bicyclic) bond motifs is 10. The first-order valence-corrected chi connectivity index (χ1v) is 44.4. The summed E-state index contributed by atoms with van der Waals surface area (Å²) in [7, 11) is 0. The van der Waals surface area contributed by atoms with E-state index < -0.39 is 11.6 Å². The number of carbonyl (C=O) groups excluding carboxylic acids is 5. The summed E-state index contributed by atoms with van der Waals surface area (Å²) in [5, 5.41) is 40.4. The first-order chi connectivity index (χ1) is 60.6. The van der Waals surface area contributed by atoms with Crippen molar-refractivity contribution in [3.8, 4) is 23.0 Å². The molecule has 0 unspecified atom stereocenters. The normalized spacial score (nSPS) is 22.1. The van der Waals surface area contributed by atoms with Gasteiger partial charge in [-0.1, -0.05) is 97.5 Å². The number of halogens is 6. The molecule has 5 aromatic heterocycles. The van der Waals surface area contributed by atoms with Gasteiger partial charge < -0.3 is 69.4 Å². The van der Waals surface area contributed by atoms with Crippen molar-refractivity contribution in [3.05, 3.63) is 331 Å². The lowest BCUT2D eigenvalue weighted by molar-refractivity contribution is 0.103. The number of aromatic hydroxyl groups is 4. The Morgan fingerprint density at radius 2 is 0.640 bits per heavy atom. The van der Waals surface area contributed by atoms with Crippen LogP contribution in [0.2, 0.25) is 10.0 Å². The maximum Gasteiger partial charge on any atom is 0.191 e. The fourth-order valence-electron chi connectivity index (χ4n) is 18.2. The molecule has 15 heterocycles. The summed E-state index contributed by atoms with van der Waals surface area (Å²) in [6.07, 6.45) is 31.3. The molecule has 0 spiro atoms. The molecule has 4 N–H and O–H groups in total. The van der Waals surface area contributed by atoms with Gasteiger partial charge in [-0.05, 0) is 188 Å². The molecule has 10 aromatic rings. The quantitative estimate of drug-likeness (QED) is 0.0408. The molecule has 10 saturated heterocycles. The molecule has 0 saturated carbocycles. The number of benzene rings is 5. The van der Waals surface area contributed by atoms with Crippen LogP contribution >= 0.6 is 71.0 Å². The molecule has 10 bridgehead atoms. The van der Waals surface area contributed by atoms with Gasteiger partial charge >= 0.3 is 0 Å². The third kappa shape index (κ3) is 20.2. The van der Waals surface area contributed by atoms with Crippen LogP contribution in [0, 0.1) is 5.82 Å². The highest BCUT2D eigenvalue weighted by Gasteiger charge is 2.47. The smallest absolute Gasteiger partial charge is 0.191 e. The second-order valence-electron chi connectivity index (χ2n) is 32.1. The van der Waals surface area contributed by atoms with E-state index in [1.54, 1.807) is 79.2 Å². The van der Waals surface area contributed by atoms with Crippen molar-refractivity contribution in [1.29, 1.82) is 0 Å². The molecular weight excluding hydrogens is 1820 g/mol. The molecule has 10 aliphatic rings. The maximum absolute atomic E-state index is 13.3.